The lowest BCUT2D eigenvalue weighted by molar-refractivity contribution is 0.0950. The molecule has 2 N–H and O–H groups in total. The van der Waals surface area contributed by atoms with Crippen LogP contribution in [0.15, 0.2) is 40.8 Å². The van der Waals surface area contributed by atoms with E-state index in [-0.39, 0.29) is 5.91 Å². The van der Waals surface area contributed by atoms with Gasteiger partial charge < -0.3 is 0 Å². The summed E-state index contributed by atoms with van der Waals surface area (Å²) in [4.78, 5) is 15.2. The van der Waals surface area contributed by atoms with Gasteiger partial charge in [0.2, 0.25) is 0 Å². The van der Waals surface area contributed by atoms with Crippen molar-refractivity contribution in [2.24, 2.45) is 5.10 Å². The number of hydrogen-bond acceptors (Lipinski definition) is 5. The Bertz CT molecular complexity index is 771. The molecule has 0 aliphatic heterocycles. The molecule has 3 aromatic rings. The lowest BCUT2D eigenvalue weighted by atomic mass is 10.3. The van der Waals surface area contributed by atoms with Gasteiger partial charge in [0.1, 0.15) is 0 Å². The first-order chi connectivity index (χ1) is 10.2. The molecule has 0 bridgehead atoms. The molecule has 106 valence electrons. The quantitative estimate of drug-likeness (QED) is 0.573. The molecular weight excluding hydrogens is 304 g/mol. The third kappa shape index (κ3) is 3.26. The van der Waals surface area contributed by atoms with E-state index in [0.29, 0.717) is 5.69 Å². The van der Waals surface area contributed by atoms with Crippen molar-refractivity contribution in [2.75, 3.05) is 0 Å². The first-order valence-corrected chi connectivity index (χ1v) is 7.91. The number of amides is 1. The minimum absolute atomic E-state index is 0.319. The third-order valence-corrected chi connectivity index (χ3v) is 4.56. The Morgan fingerprint density at radius 1 is 1.43 bits per heavy atom. The average molecular weight is 316 g/mol. The number of nitrogens with zero attached hydrogens (tertiary/aromatic N) is 2. The van der Waals surface area contributed by atoms with E-state index in [0.717, 1.165) is 15.4 Å². The van der Waals surface area contributed by atoms with Crippen LogP contribution in [-0.4, -0.2) is 22.3 Å². The summed E-state index contributed by atoms with van der Waals surface area (Å²) in [6.45, 7) is 2.04. The van der Waals surface area contributed by atoms with Gasteiger partial charge in [-0.05, 0) is 36.6 Å². The SMILES string of the molecule is Cc1ccc(-c2cc(C(=O)N/N=C/c3cccs3)n[nH]2)s1. The molecule has 0 radical (unpaired) electrons. The number of thiophene rings is 2. The van der Waals surface area contributed by atoms with E-state index in [1.807, 2.05) is 36.6 Å². The van der Waals surface area contributed by atoms with Crippen molar-refractivity contribution in [1.29, 1.82) is 0 Å². The number of hydrazone groups is 1. The molecule has 3 aromatic heterocycles. The highest BCUT2D eigenvalue weighted by Crippen LogP contribution is 2.26. The number of carbonyl (C=O) groups is 1. The number of aromatic amines is 1. The molecule has 5 nitrogen and oxygen atoms in total. The fourth-order valence-electron chi connectivity index (χ4n) is 1.72. The molecule has 0 unspecified atom stereocenters. The molecule has 0 aliphatic carbocycles. The second kappa shape index (κ2) is 6.02. The van der Waals surface area contributed by atoms with Gasteiger partial charge in [0.25, 0.3) is 5.91 Å². The second-order valence-corrected chi connectivity index (χ2v) is 6.56. The Morgan fingerprint density at radius 3 is 3.05 bits per heavy atom. The Hall–Kier alpha value is -2.25. The second-order valence-electron chi connectivity index (χ2n) is 4.29. The van der Waals surface area contributed by atoms with Crippen LogP contribution in [0, 0.1) is 6.92 Å². The van der Waals surface area contributed by atoms with Crippen LogP contribution in [0.1, 0.15) is 20.2 Å². The molecule has 0 spiro atoms. The molecule has 21 heavy (non-hydrogen) atoms. The fourth-order valence-corrected chi connectivity index (χ4v) is 3.14. The molecular formula is C14H12N4OS2. The van der Waals surface area contributed by atoms with E-state index in [2.05, 4.69) is 20.7 Å². The molecule has 7 heteroatoms. The minimum Gasteiger partial charge on any atom is -0.276 e. The van der Waals surface area contributed by atoms with Crippen LogP contribution in [0.4, 0.5) is 0 Å². The van der Waals surface area contributed by atoms with Crippen LogP contribution in [0.5, 0.6) is 0 Å². The van der Waals surface area contributed by atoms with Gasteiger partial charge in [0.15, 0.2) is 5.69 Å². The summed E-state index contributed by atoms with van der Waals surface area (Å²) in [6.07, 6.45) is 1.61. The van der Waals surface area contributed by atoms with Gasteiger partial charge in [-0.2, -0.15) is 10.2 Å². The average Bonchev–Trinajstić information content (AvgIpc) is 3.19. The number of rotatable bonds is 4. The highest BCUT2D eigenvalue weighted by atomic mass is 32.1. The first-order valence-electron chi connectivity index (χ1n) is 6.21. The molecule has 3 rings (SSSR count). The summed E-state index contributed by atoms with van der Waals surface area (Å²) in [5, 5.41) is 12.7. The van der Waals surface area contributed by atoms with Gasteiger partial charge in [-0.3, -0.25) is 9.89 Å². The van der Waals surface area contributed by atoms with E-state index < -0.39 is 0 Å². The van der Waals surface area contributed by atoms with Crippen molar-refractivity contribution in [3.8, 4) is 10.6 Å². The van der Waals surface area contributed by atoms with Crippen LogP contribution in [-0.2, 0) is 0 Å². The molecule has 0 fully saturated rings. The number of aromatic nitrogens is 2. The minimum atomic E-state index is -0.335. The topological polar surface area (TPSA) is 70.1 Å². The molecule has 0 saturated carbocycles. The number of H-pyrrole nitrogens is 1. The summed E-state index contributed by atoms with van der Waals surface area (Å²) >= 11 is 3.20. The molecule has 0 saturated heterocycles. The van der Waals surface area contributed by atoms with Crippen LogP contribution in [0.25, 0.3) is 10.6 Å². The zero-order chi connectivity index (χ0) is 14.7. The van der Waals surface area contributed by atoms with E-state index in [1.165, 1.54) is 4.88 Å². The van der Waals surface area contributed by atoms with Crippen LogP contribution >= 0.6 is 22.7 Å². The number of carbonyl (C=O) groups excluding carboxylic acids is 1. The standard InChI is InChI=1S/C14H12N4OS2/c1-9-4-5-13(21-9)11-7-12(17-16-11)14(19)18-15-8-10-3-2-6-20-10/h2-8H,1H3,(H,16,17)(H,18,19)/b15-8+. The highest BCUT2D eigenvalue weighted by Gasteiger charge is 2.11. The molecule has 0 atom stereocenters. The Balaban J connectivity index is 1.67. The smallest absolute Gasteiger partial charge is 0.276 e. The normalized spacial score (nSPS) is 11.1. The van der Waals surface area contributed by atoms with Gasteiger partial charge >= 0.3 is 0 Å². The maximum absolute atomic E-state index is 11.9. The summed E-state index contributed by atoms with van der Waals surface area (Å²) in [5.41, 5.74) is 3.62. The predicted octanol–water partition coefficient (Wildman–Crippen LogP) is 3.27. The maximum atomic E-state index is 11.9. The van der Waals surface area contributed by atoms with E-state index in [9.17, 15) is 4.79 Å². The number of aryl methyl sites for hydroxylation is 1. The van der Waals surface area contributed by atoms with Crippen LogP contribution in [0.2, 0.25) is 0 Å². The van der Waals surface area contributed by atoms with Crippen molar-refractivity contribution in [2.45, 2.75) is 6.92 Å². The zero-order valence-corrected chi connectivity index (χ0v) is 12.8. The van der Waals surface area contributed by atoms with E-state index in [4.69, 9.17) is 0 Å². The van der Waals surface area contributed by atoms with Gasteiger partial charge in [-0.15, -0.1) is 22.7 Å². The van der Waals surface area contributed by atoms with Crippen molar-refractivity contribution < 1.29 is 4.79 Å². The Kier molecular flexibility index (Phi) is 3.94. The maximum Gasteiger partial charge on any atom is 0.291 e. The third-order valence-electron chi connectivity index (χ3n) is 2.72. The van der Waals surface area contributed by atoms with Crippen molar-refractivity contribution >= 4 is 34.8 Å². The summed E-state index contributed by atoms with van der Waals surface area (Å²) in [5.74, 6) is -0.335. The summed E-state index contributed by atoms with van der Waals surface area (Å²) < 4.78 is 0. The predicted molar refractivity (Wildman–Crippen MR) is 86.0 cm³/mol. The largest absolute Gasteiger partial charge is 0.291 e. The van der Waals surface area contributed by atoms with Crippen molar-refractivity contribution in [1.82, 2.24) is 15.6 Å². The summed E-state index contributed by atoms with van der Waals surface area (Å²) in [6, 6.07) is 9.61. The summed E-state index contributed by atoms with van der Waals surface area (Å²) in [7, 11) is 0. The monoisotopic (exact) mass is 316 g/mol. The Morgan fingerprint density at radius 2 is 2.33 bits per heavy atom. The van der Waals surface area contributed by atoms with Gasteiger partial charge in [-0.25, -0.2) is 5.43 Å². The highest BCUT2D eigenvalue weighted by molar-refractivity contribution is 7.15. The van der Waals surface area contributed by atoms with Crippen molar-refractivity contribution in [3.63, 3.8) is 0 Å². The molecule has 1 amide bonds. The number of nitrogens with one attached hydrogen (secondary N) is 2. The molecule has 0 aliphatic rings. The Labute approximate surface area is 129 Å². The lowest BCUT2D eigenvalue weighted by Crippen LogP contribution is -2.17. The van der Waals surface area contributed by atoms with Gasteiger partial charge in [-0.1, -0.05) is 6.07 Å². The van der Waals surface area contributed by atoms with E-state index >= 15 is 0 Å². The van der Waals surface area contributed by atoms with Gasteiger partial charge in [0.05, 0.1) is 16.8 Å². The first kappa shape index (κ1) is 13.7. The zero-order valence-electron chi connectivity index (χ0n) is 11.2. The fraction of sp³-hybridized carbons (Fsp3) is 0.0714. The van der Waals surface area contributed by atoms with Gasteiger partial charge in [0, 0.05) is 9.75 Å². The lowest BCUT2D eigenvalue weighted by Gasteiger charge is -1.93. The number of hydrogen-bond donors (Lipinski definition) is 2. The molecule has 3 heterocycles. The van der Waals surface area contributed by atoms with Crippen molar-refractivity contribution in [3.05, 3.63) is 51.2 Å². The van der Waals surface area contributed by atoms with E-state index in [1.54, 1.807) is 35.0 Å². The van der Waals surface area contributed by atoms with Crippen LogP contribution < -0.4 is 5.43 Å². The molecule has 0 aromatic carbocycles. The van der Waals surface area contributed by atoms with Crippen LogP contribution in [0.3, 0.4) is 0 Å².